The van der Waals surface area contributed by atoms with Crippen LogP contribution in [0.5, 0.6) is 0 Å². The standard InChI is InChI=1S/C20H33N/c1-3-15-21-20(18-12-8-6-5-7-9-13-18)19-14-10-11-17(4-2)16-19/h10-11,14,16,18,20-21H,3-9,12-13,15H2,1-2H3. The van der Waals surface area contributed by atoms with Gasteiger partial charge in [0, 0.05) is 6.04 Å². The van der Waals surface area contributed by atoms with Gasteiger partial charge in [0.25, 0.3) is 0 Å². The molecule has 0 spiro atoms. The Labute approximate surface area is 131 Å². The van der Waals surface area contributed by atoms with E-state index in [2.05, 4.69) is 43.4 Å². The van der Waals surface area contributed by atoms with Crippen molar-refractivity contribution in [3.8, 4) is 0 Å². The zero-order chi connectivity index (χ0) is 14.9. The second-order valence-electron chi connectivity index (χ2n) is 6.64. The largest absolute Gasteiger partial charge is 0.310 e. The van der Waals surface area contributed by atoms with E-state index in [0.29, 0.717) is 6.04 Å². The quantitative estimate of drug-likeness (QED) is 0.713. The van der Waals surface area contributed by atoms with Gasteiger partial charge in [-0.3, -0.25) is 0 Å². The molecule has 1 atom stereocenters. The van der Waals surface area contributed by atoms with E-state index in [1.54, 1.807) is 0 Å². The first-order valence-electron chi connectivity index (χ1n) is 9.17. The number of aryl methyl sites for hydroxylation is 1. The lowest BCUT2D eigenvalue weighted by Gasteiger charge is -2.30. The summed E-state index contributed by atoms with van der Waals surface area (Å²) < 4.78 is 0. The highest BCUT2D eigenvalue weighted by atomic mass is 14.9. The number of rotatable bonds is 6. The van der Waals surface area contributed by atoms with Gasteiger partial charge in [-0.05, 0) is 49.3 Å². The van der Waals surface area contributed by atoms with Crippen molar-refractivity contribution in [2.24, 2.45) is 5.92 Å². The van der Waals surface area contributed by atoms with E-state index in [0.717, 1.165) is 18.9 Å². The lowest BCUT2D eigenvalue weighted by atomic mass is 9.82. The number of benzene rings is 1. The van der Waals surface area contributed by atoms with E-state index in [1.807, 2.05) is 0 Å². The van der Waals surface area contributed by atoms with Crippen LogP contribution < -0.4 is 5.32 Å². The molecule has 0 radical (unpaired) electrons. The molecule has 1 aliphatic rings. The molecule has 1 aliphatic carbocycles. The molecule has 1 aromatic carbocycles. The summed E-state index contributed by atoms with van der Waals surface area (Å²) in [4.78, 5) is 0. The Kier molecular flexibility index (Phi) is 7.29. The molecule has 0 saturated heterocycles. The van der Waals surface area contributed by atoms with E-state index in [4.69, 9.17) is 0 Å². The Morgan fingerprint density at radius 3 is 2.43 bits per heavy atom. The number of hydrogen-bond acceptors (Lipinski definition) is 1. The van der Waals surface area contributed by atoms with Crippen LogP contribution in [-0.4, -0.2) is 6.54 Å². The Morgan fingerprint density at radius 2 is 1.76 bits per heavy atom. The van der Waals surface area contributed by atoms with Gasteiger partial charge in [0.2, 0.25) is 0 Å². The second kappa shape index (κ2) is 9.25. The number of hydrogen-bond donors (Lipinski definition) is 1. The van der Waals surface area contributed by atoms with Gasteiger partial charge in [0.15, 0.2) is 0 Å². The van der Waals surface area contributed by atoms with Gasteiger partial charge < -0.3 is 5.32 Å². The van der Waals surface area contributed by atoms with Crippen LogP contribution in [0.15, 0.2) is 24.3 Å². The number of nitrogens with one attached hydrogen (secondary N) is 1. The van der Waals surface area contributed by atoms with Crippen molar-refractivity contribution in [1.29, 1.82) is 0 Å². The van der Waals surface area contributed by atoms with Crippen LogP contribution in [-0.2, 0) is 6.42 Å². The van der Waals surface area contributed by atoms with Crippen molar-refractivity contribution in [2.75, 3.05) is 6.54 Å². The Bertz CT molecular complexity index is 391. The summed E-state index contributed by atoms with van der Waals surface area (Å²) in [6, 6.07) is 9.85. The zero-order valence-electron chi connectivity index (χ0n) is 14.0. The van der Waals surface area contributed by atoms with Gasteiger partial charge in [-0.1, -0.05) is 70.2 Å². The van der Waals surface area contributed by atoms with Crippen LogP contribution in [0.1, 0.15) is 82.4 Å². The van der Waals surface area contributed by atoms with E-state index in [-0.39, 0.29) is 0 Å². The average Bonchev–Trinajstić information content (AvgIpc) is 2.49. The summed E-state index contributed by atoms with van der Waals surface area (Å²) in [5.74, 6) is 0.823. The lowest BCUT2D eigenvalue weighted by Crippen LogP contribution is -2.29. The van der Waals surface area contributed by atoms with E-state index < -0.39 is 0 Å². The van der Waals surface area contributed by atoms with Gasteiger partial charge in [-0.15, -0.1) is 0 Å². The van der Waals surface area contributed by atoms with Crippen LogP contribution in [0.25, 0.3) is 0 Å². The average molecular weight is 287 g/mol. The van der Waals surface area contributed by atoms with Gasteiger partial charge in [0.1, 0.15) is 0 Å². The fourth-order valence-electron chi connectivity index (χ4n) is 3.68. The highest BCUT2D eigenvalue weighted by Gasteiger charge is 2.23. The first kappa shape index (κ1) is 16.5. The fourth-order valence-corrected chi connectivity index (χ4v) is 3.68. The van der Waals surface area contributed by atoms with Gasteiger partial charge in [-0.2, -0.15) is 0 Å². The molecule has 1 nitrogen and oxygen atoms in total. The third-order valence-electron chi connectivity index (χ3n) is 4.95. The minimum Gasteiger partial charge on any atom is -0.310 e. The molecule has 1 N–H and O–H groups in total. The maximum absolute atomic E-state index is 3.85. The molecule has 21 heavy (non-hydrogen) atoms. The van der Waals surface area contributed by atoms with Gasteiger partial charge in [0.05, 0.1) is 0 Å². The molecule has 0 bridgehead atoms. The van der Waals surface area contributed by atoms with Crippen LogP contribution in [0.3, 0.4) is 0 Å². The smallest absolute Gasteiger partial charge is 0.0348 e. The lowest BCUT2D eigenvalue weighted by molar-refractivity contribution is 0.288. The van der Waals surface area contributed by atoms with Crippen molar-refractivity contribution < 1.29 is 0 Å². The molecular weight excluding hydrogens is 254 g/mol. The summed E-state index contributed by atoms with van der Waals surface area (Å²) in [5.41, 5.74) is 3.00. The van der Waals surface area contributed by atoms with Crippen molar-refractivity contribution in [1.82, 2.24) is 5.32 Å². The first-order chi connectivity index (χ1) is 10.3. The molecule has 0 aliphatic heterocycles. The minimum atomic E-state index is 0.564. The predicted molar refractivity (Wildman–Crippen MR) is 92.7 cm³/mol. The highest BCUT2D eigenvalue weighted by molar-refractivity contribution is 5.26. The van der Waals surface area contributed by atoms with Crippen LogP contribution in [0.2, 0.25) is 0 Å². The van der Waals surface area contributed by atoms with Crippen molar-refractivity contribution >= 4 is 0 Å². The van der Waals surface area contributed by atoms with E-state index >= 15 is 0 Å². The molecule has 0 heterocycles. The molecule has 1 aromatic rings. The summed E-state index contributed by atoms with van der Waals surface area (Å²) in [7, 11) is 0. The van der Waals surface area contributed by atoms with Gasteiger partial charge in [-0.25, -0.2) is 0 Å². The Balaban J connectivity index is 2.14. The Hall–Kier alpha value is -0.820. The third kappa shape index (κ3) is 5.14. The fraction of sp³-hybridized carbons (Fsp3) is 0.700. The van der Waals surface area contributed by atoms with Crippen molar-refractivity contribution in [3.05, 3.63) is 35.4 Å². The van der Waals surface area contributed by atoms with Crippen LogP contribution >= 0.6 is 0 Å². The molecule has 0 amide bonds. The van der Waals surface area contributed by atoms with Crippen LogP contribution in [0.4, 0.5) is 0 Å². The van der Waals surface area contributed by atoms with Crippen molar-refractivity contribution in [2.45, 2.75) is 77.7 Å². The molecular formula is C20H33N. The maximum Gasteiger partial charge on any atom is 0.0348 e. The summed E-state index contributed by atoms with van der Waals surface area (Å²) in [6.07, 6.45) is 12.3. The molecule has 1 fully saturated rings. The van der Waals surface area contributed by atoms with E-state index in [9.17, 15) is 0 Å². The maximum atomic E-state index is 3.85. The summed E-state index contributed by atoms with van der Waals surface area (Å²) >= 11 is 0. The van der Waals surface area contributed by atoms with Crippen molar-refractivity contribution in [3.63, 3.8) is 0 Å². The van der Waals surface area contributed by atoms with Gasteiger partial charge >= 0.3 is 0 Å². The monoisotopic (exact) mass is 287 g/mol. The summed E-state index contributed by atoms with van der Waals surface area (Å²) in [5, 5.41) is 3.85. The van der Waals surface area contributed by atoms with E-state index in [1.165, 1.54) is 62.5 Å². The topological polar surface area (TPSA) is 12.0 Å². The molecule has 118 valence electrons. The zero-order valence-corrected chi connectivity index (χ0v) is 14.0. The SMILES string of the molecule is CCCNC(c1cccc(CC)c1)C1CCCCCCC1. The Morgan fingerprint density at radius 1 is 1.05 bits per heavy atom. The van der Waals surface area contributed by atoms with Crippen LogP contribution in [0, 0.1) is 5.92 Å². The molecule has 1 saturated carbocycles. The third-order valence-corrected chi connectivity index (χ3v) is 4.95. The summed E-state index contributed by atoms with van der Waals surface area (Å²) in [6.45, 7) is 5.66. The normalized spacial score (nSPS) is 19.0. The molecule has 1 unspecified atom stereocenters. The second-order valence-corrected chi connectivity index (χ2v) is 6.64. The molecule has 0 aromatic heterocycles. The molecule has 2 rings (SSSR count). The predicted octanol–water partition coefficient (Wildman–Crippen LogP) is 5.65. The molecule has 1 heteroatoms. The highest BCUT2D eigenvalue weighted by Crippen LogP contribution is 2.33. The minimum absolute atomic E-state index is 0.564. The first-order valence-corrected chi connectivity index (χ1v) is 9.17.